The van der Waals surface area contributed by atoms with Gasteiger partial charge in [0.05, 0.1) is 7.11 Å². The van der Waals surface area contributed by atoms with Crippen LogP contribution in [0.4, 0.5) is 0 Å². The van der Waals surface area contributed by atoms with E-state index in [-0.39, 0.29) is 5.56 Å². The van der Waals surface area contributed by atoms with E-state index in [1.54, 1.807) is 18.2 Å². The summed E-state index contributed by atoms with van der Waals surface area (Å²) in [6, 6.07) is 15.7. The molecule has 116 valence electrons. The number of carbonyl (C=O) groups excluding carboxylic acids is 1. The summed E-state index contributed by atoms with van der Waals surface area (Å²) in [5.41, 5.74) is 1.54. The molecular formula is C17H13NO5. The first-order valence-electron chi connectivity index (χ1n) is 6.81. The van der Waals surface area contributed by atoms with Crippen LogP contribution in [-0.2, 0) is 4.84 Å². The molecule has 6 nitrogen and oxygen atoms in total. The molecule has 0 aliphatic rings. The van der Waals surface area contributed by atoms with Gasteiger partial charge in [0.1, 0.15) is 22.6 Å². The van der Waals surface area contributed by atoms with Crippen molar-refractivity contribution in [1.82, 2.24) is 5.48 Å². The van der Waals surface area contributed by atoms with Crippen molar-refractivity contribution < 1.29 is 18.8 Å². The highest BCUT2D eigenvalue weighted by Gasteiger charge is 2.14. The molecule has 2 aromatic carbocycles. The Hall–Kier alpha value is -3.12. The van der Waals surface area contributed by atoms with Gasteiger partial charge >= 0.3 is 5.63 Å². The number of hydroxylamine groups is 1. The third kappa shape index (κ3) is 3.22. The molecule has 0 fully saturated rings. The van der Waals surface area contributed by atoms with E-state index in [1.807, 2.05) is 30.3 Å². The smallest absolute Gasteiger partial charge is 0.349 e. The molecular weight excluding hydrogens is 298 g/mol. The van der Waals surface area contributed by atoms with Crippen LogP contribution in [0.15, 0.2) is 63.8 Å². The van der Waals surface area contributed by atoms with Crippen LogP contribution in [0.5, 0.6) is 11.5 Å². The van der Waals surface area contributed by atoms with Gasteiger partial charge in [-0.25, -0.2) is 10.3 Å². The molecule has 0 spiro atoms. The van der Waals surface area contributed by atoms with E-state index < -0.39 is 11.5 Å². The lowest BCUT2D eigenvalue weighted by Gasteiger charge is -2.07. The minimum atomic E-state index is -0.746. The number of hydrogen-bond donors (Lipinski definition) is 1. The summed E-state index contributed by atoms with van der Waals surface area (Å²) in [5, 5.41) is 0.603. The van der Waals surface area contributed by atoms with Crippen LogP contribution in [-0.4, -0.2) is 13.0 Å². The van der Waals surface area contributed by atoms with Crippen molar-refractivity contribution in [1.29, 1.82) is 0 Å². The number of benzene rings is 2. The zero-order chi connectivity index (χ0) is 16.2. The van der Waals surface area contributed by atoms with Crippen molar-refractivity contribution in [3.8, 4) is 11.5 Å². The average Bonchev–Trinajstić information content (AvgIpc) is 2.55. The van der Waals surface area contributed by atoms with Gasteiger partial charge in [-0.1, -0.05) is 18.2 Å². The van der Waals surface area contributed by atoms with Gasteiger partial charge in [-0.15, -0.1) is 0 Å². The Labute approximate surface area is 131 Å². The zero-order valence-corrected chi connectivity index (χ0v) is 12.2. The first kappa shape index (κ1) is 14.8. The predicted octanol–water partition coefficient (Wildman–Crippen LogP) is 2.88. The fourth-order valence-electron chi connectivity index (χ4n) is 2.09. The molecule has 23 heavy (non-hydrogen) atoms. The van der Waals surface area contributed by atoms with Gasteiger partial charge in [-0.3, -0.25) is 9.63 Å². The molecule has 1 heterocycles. The van der Waals surface area contributed by atoms with Crippen LogP contribution in [0.1, 0.15) is 10.4 Å². The molecule has 0 atom stereocenters. The normalized spacial score (nSPS) is 10.5. The molecule has 0 unspecified atom stereocenters. The predicted molar refractivity (Wildman–Crippen MR) is 83.5 cm³/mol. The summed E-state index contributed by atoms with van der Waals surface area (Å²) in [4.78, 5) is 28.1. The lowest BCUT2D eigenvalue weighted by Crippen LogP contribution is -2.27. The van der Waals surface area contributed by atoms with E-state index in [0.29, 0.717) is 22.5 Å². The molecule has 0 saturated heterocycles. The van der Waals surface area contributed by atoms with Crippen molar-refractivity contribution in [2.75, 3.05) is 7.11 Å². The first-order chi connectivity index (χ1) is 11.2. The molecule has 0 radical (unpaired) electrons. The number of para-hydroxylation sites is 1. The topological polar surface area (TPSA) is 77.8 Å². The summed E-state index contributed by atoms with van der Waals surface area (Å²) in [5.74, 6) is 0.541. The van der Waals surface area contributed by atoms with E-state index in [9.17, 15) is 9.59 Å². The molecule has 6 heteroatoms. The summed E-state index contributed by atoms with van der Waals surface area (Å²) in [6.07, 6.45) is 0. The molecule has 3 aromatic rings. The van der Waals surface area contributed by atoms with Gasteiger partial charge in [-0.2, -0.15) is 0 Å². The van der Waals surface area contributed by atoms with E-state index in [4.69, 9.17) is 9.15 Å². The number of amides is 1. The molecule has 0 aliphatic heterocycles. The van der Waals surface area contributed by atoms with Crippen LogP contribution >= 0.6 is 0 Å². The number of ether oxygens (including phenoxy) is 1. The number of nitrogens with one attached hydrogen (secondary N) is 1. The molecule has 3 rings (SSSR count). The van der Waals surface area contributed by atoms with Crippen molar-refractivity contribution in [3.05, 3.63) is 70.6 Å². The van der Waals surface area contributed by atoms with Gasteiger partial charge in [0.25, 0.3) is 5.91 Å². The average molecular weight is 311 g/mol. The maximum absolute atomic E-state index is 11.9. The van der Waals surface area contributed by atoms with Gasteiger partial charge in [0, 0.05) is 11.5 Å². The summed E-state index contributed by atoms with van der Waals surface area (Å²) < 4.78 is 10.9. The highest BCUT2D eigenvalue weighted by atomic mass is 16.6. The first-order valence-corrected chi connectivity index (χ1v) is 6.81. The third-order valence-electron chi connectivity index (χ3n) is 3.13. The lowest BCUT2D eigenvalue weighted by atomic mass is 10.1. The molecule has 1 N–H and O–H groups in total. The van der Waals surface area contributed by atoms with Gasteiger partial charge in [0.15, 0.2) is 0 Å². The van der Waals surface area contributed by atoms with E-state index in [1.165, 1.54) is 13.2 Å². The summed E-state index contributed by atoms with van der Waals surface area (Å²) in [7, 11) is 1.29. The Bertz CT molecular complexity index is 902. The van der Waals surface area contributed by atoms with Crippen molar-refractivity contribution >= 4 is 16.9 Å². The number of hydrogen-bond acceptors (Lipinski definition) is 5. The minimum Gasteiger partial charge on any atom is -0.457 e. The van der Waals surface area contributed by atoms with E-state index in [2.05, 4.69) is 10.3 Å². The Balaban J connectivity index is 1.96. The second-order valence-corrected chi connectivity index (χ2v) is 4.70. The SMILES string of the molecule is CONC(=O)c1cc2ccc(Oc3ccccc3)cc2oc1=O. The maximum atomic E-state index is 11.9. The quantitative estimate of drug-likeness (QED) is 0.592. The maximum Gasteiger partial charge on any atom is 0.349 e. The Morgan fingerprint density at radius 2 is 1.83 bits per heavy atom. The van der Waals surface area contributed by atoms with Crippen molar-refractivity contribution in [2.45, 2.75) is 0 Å². The monoisotopic (exact) mass is 311 g/mol. The Morgan fingerprint density at radius 3 is 2.57 bits per heavy atom. The standard InChI is InChI=1S/C17H13NO5/c1-21-18-16(19)14-9-11-7-8-13(10-15(11)23-17(14)20)22-12-5-3-2-4-6-12/h2-10H,1H3,(H,18,19). The minimum absolute atomic E-state index is 0.129. The zero-order valence-electron chi connectivity index (χ0n) is 12.2. The molecule has 1 amide bonds. The van der Waals surface area contributed by atoms with Crippen LogP contribution in [0.3, 0.4) is 0 Å². The highest BCUT2D eigenvalue weighted by Crippen LogP contribution is 2.25. The number of fused-ring (bicyclic) bond motifs is 1. The summed E-state index contributed by atoms with van der Waals surface area (Å²) in [6.45, 7) is 0. The molecule has 0 saturated carbocycles. The number of carbonyl (C=O) groups is 1. The lowest BCUT2D eigenvalue weighted by molar-refractivity contribution is 0.0534. The van der Waals surface area contributed by atoms with E-state index >= 15 is 0 Å². The number of rotatable bonds is 4. The largest absolute Gasteiger partial charge is 0.457 e. The second kappa shape index (κ2) is 6.33. The second-order valence-electron chi connectivity index (χ2n) is 4.70. The molecule has 0 bridgehead atoms. The van der Waals surface area contributed by atoms with Crippen molar-refractivity contribution in [3.63, 3.8) is 0 Å². The fourth-order valence-corrected chi connectivity index (χ4v) is 2.09. The fraction of sp³-hybridized carbons (Fsp3) is 0.0588. The Kier molecular flexibility index (Phi) is 4.07. The van der Waals surface area contributed by atoms with Crippen molar-refractivity contribution in [2.24, 2.45) is 0 Å². The third-order valence-corrected chi connectivity index (χ3v) is 3.13. The van der Waals surface area contributed by atoms with Crippen LogP contribution in [0.25, 0.3) is 11.0 Å². The summed E-state index contributed by atoms with van der Waals surface area (Å²) >= 11 is 0. The Morgan fingerprint density at radius 1 is 1.04 bits per heavy atom. The van der Waals surface area contributed by atoms with Gasteiger partial charge in [-0.05, 0) is 30.3 Å². The van der Waals surface area contributed by atoms with Gasteiger partial charge in [0.2, 0.25) is 0 Å². The molecule has 0 aliphatic carbocycles. The van der Waals surface area contributed by atoms with Crippen LogP contribution in [0.2, 0.25) is 0 Å². The van der Waals surface area contributed by atoms with Crippen LogP contribution in [0, 0.1) is 0 Å². The van der Waals surface area contributed by atoms with E-state index in [0.717, 1.165) is 0 Å². The highest BCUT2D eigenvalue weighted by molar-refractivity contribution is 5.96. The van der Waals surface area contributed by atoms with Gasteiger partial charge < -0.3 is 9.15 Å². The van der Waals surface area contributed by atoms with Crippen LogP contribution < -0.4 is 15.8 Å². The molecule has 1 aromatic heterocycles.